The molecule has 2 rings (SSSR count). The van der Waals surface area contributed by atoms with E-state index in [0.29, 0.717) is 5.02 Å². The highest BCUT2D eigenvalue weighted by atomic mass is 35.5. The lowest BCUT2D eigenvalue weighted by Gasteiger charge is -2.00. The Hall–Kier alpha value is -0.700. The van der Waals surface area contributed by atoms with E-state index < -0.39 is 0 Å². The number of rotatable bonds is 2. The van der Waals surface area contributed by atoms with Crippen LogP contribution in [0.15, 0.2) is 52.5 Å². The van der Waals surface area contributed by atoms with E-state index in [1.54, 1.807) is 18.0 Å². The fraction of sp³-hybridized carbons (Fsp3) is 0. The van der Waals surface area contributed by atoms with Crippen molar-refractivity contribution < 1.29 is 0 Å². The molecule has 0 N–H and O–H groups in total. The van der Waals surface area contributed by atoms with Crippen LogP contribution in [0.3, 0.4) is 0 Å². The standard InChI is InChI=1S/C11H7Cl2NS/c12-8-2-1-3-10(6-8)15-11-5-4-9(13)7-14-11/h1-7H. The lowest BCUT2D eigenvalue weighted by molar-refractivity contribution is 1.13. The smallest absolute Gasteiger partial charge is 0.101 e. The molecule has 0 aliphatic heterocycles. The number of aromatic nitrogens is 1. The first kappa shape index (κ1) is 10.8. The summed E-state index contributed by atoms with van der Waals surface area (Å²) in [5, 5.41) is 2.28. The molecule has 2 aromatic rings. The van der Waals surface area contributed by atoms with Crippen LogP contribution in [0.5, 0.6) is 0 Å². The molecule has 0 unspecified atom stereocenters. The molecule has 0 amide bonds. The van der Waals surface area contributed by atoms with Gasteiger partial charge in [-0.1, -0.05) is 41.0 Å². The van der Waals surface area contributed by atoms with Crippen molar-refractivity contribution in [3.05, 3.63) is 52.6 Å². The summed E-state index contributed by atoms with van der Waals surface area (Å²) in [6.07, 6.45) is 1.63. The Bertz CT molecular complexity index is 456. The van der Waals surface area contributed by atoms with Gasteiger partial charge in [-0.05, 0) is 30.3 Å². The lowest BCUT2D eigenvalue weighted by atomic mass is 10.4. The molecule has 0 aliphatic rings. The Morgan fingerprint density at radius 1 is 1.00 bits per heavy atom. The Balaban J connectivity index is 2.18. The summed E-state index contributed by atoms with van der Waals surface area (Å²) in [7, 11) is 0. The first-order valence-corrected chi connectivity index (χ1v) is 5.86. The Labute approximate surface area is 102 Å². The quantitative estimate of drug-likeness (QED) is 0.782. The fourth-order valence-corrected chi connectivity index (χ4v) is 2.26. The van der Waals surface area contributed by atoms with Crippen LogP contribution >= 0.6 is 35.0 Å². The molecule has 0 radical (unpaired) electrons. The Morgan fingerprint density at radius 2 is 1.87 bits per heavy atom. The van der Waals surface area contributed by atoms with Crippen molar-refractivity contribution in [1.29, 1.82) is 0 Å². The van der Waals surface area contributed by atoms with Gasteiger partial charge in [-0.3, -0.25) is 0 Å². The third-order valence-corrected chi connectivity index (χ3v) is 3.12. The molecule has 0 fully saturated rings. The average Bonchev–Trinajstić information content (AvgIpc) is 2.22. The molecular formula is C11H7Cl2NS. The molecular weight excluding hydrogens is 249 g/mol. The van der Waals surface area contributed by atoms with E-state index >= 15 is 0 Å². The van der Waals surface area contributed by atoms with Crippen LogP contribution in [0, 0.1) is 0 Å². The molecule has 0 spiro atoms. The summed E-state index contributed by atoms with van der Waals surface area (Å²) in [5.74, 6) is 0. The Kier molecular flexibility index (Phi) is 3.52. The number of nitrogens with zero attached hydrogens (tertiary/aromatic N) is 1. The largest absolute Gasteiger partial charge is 0.248 e. The summed E-state index contributed by atoms with van der Waals surface area (Å²) in [5.41, 5.74) is 0. The number of hydrogen-bond acceptors (Lipinski definition) is 2. The van der Waals surface area contributed by atoms with Crippen molar-refractivity contribution in [3.8, 4) is 0 Å². The maximum atomic E-state index is 5.88. The van der Waals surface area contributed by atoms with Gasteiger partial charge in [-0.2, -0.15) is 0 Å². The van der Waals surface area contributed by atoms with E-state index in [9.17, 15) is 0 Å². The third kappa shape index (κ3) is 3.13. The molecule has 4 heteroatoms. The summed E-state index contributed by atoms with van der Waals surface area (Å²) < 4.78 is 0. The SMILES string of the molecule is Clc1ccc(Sc2cccc(Cl)c2)nc1. The predicted octanol–water partition coefficient (Wildman–Crippen LogP) is 4.54. The van der Waals surface area contributed by atoms with Crippen molar-refractivity contribution in [3.63, 3.8) is 0 Å². The van der Waals surface area contributed by atoms with E-state index in [1.807, 2.05) is 36.4 Å². The van der Waals surface area contributed by atoms with Gasteiger partial charge in [-0.15, -0.1) is 0 Å². The molecule has 0 bridgehead atoms. The monoisotopic (exact) mass is 255 g/mol. The maximum Gasteiger partial charge on any atom is 0.101 e. The molecule has 1 heterocycles. The van der Waals surface area contributed by atoms with Gasteiger partial charge in [0.25, 0.3) is 0 Å². The summed E-state index contributed by atoms with van der Waals surface area (Å²) in [6, 6.07) is 11.4. The van der Waals surface area contributed by atoms with Crippen LogP contribution in [0.1, 0.15) is 0 Å². The van der Waals surface area contributed by atoms with Crippen molar-refractivity contribution in [2.45, 2.75) is 9.92 Å². The molecule has 1 nitrogen and oxygen atoms in total. The normalized spacial score (nSPS) is 10.3. The summed E-state index contributed by atoms with van der Waals surface area (Å²) in [6.45, 7) is 0. The van der Waals surface area contributed by atoms with Gasteiger partial charge in [-0.25, -0.2) is 4.98 Å². The summed E-state index contributed by atoms with van der Waals surface area (Å²) in [4.78, 5) is 5.26. The van der Waals surface area contributed by atoms with E-state index in [-0.39, 0.29) is 0 Å². The molecule has 0 saturated carbocycles. The van der Waals surface area contributed by atoms with Gasteiger partial charge in [0, 0.05) is 16.1 Å². The summed E-state index contributed by atoms with van der Waals surface area (Å²) >= 11 is 13.2. The molecule has 15 heavy (non-hydrogen) atoms. The first-order valence-electron chi connectivity index (χ1n) is 4.29. The van der Waals surface area contributed by atoms with E-state index in [0.717, 1.165) is 14.9 Å². The van der Waals surface area contributed by atoms with Gasteiger partial charge in [0.2, 0.25) is 0 Å². The molecule has 1 aromatic heterocycles. The zero-order chi connectivity index (χ0) is 10.7. The van der Waals surface area contributed by atoms with Crippen molar-refractivity contribution in [2.24, 2.45) is 0 Å². The topological polar surface area (TPSA) is 12.9 Å². The number of hydrogen-bond donors (Lipinski definition) is 0. The minimum Gasteiger partial charge on any atom is -0.248 e. The van der Waals surface area contributed by atoms with Crippen molar-refractivity contribution in [1.82, 2.24) is 4.98 Å². The van der Waals surface area contributed by atoms with Crippen LogP contribution in [0.25, 0.3) is 0 Å². The zero-order valence-corrected chi connectivity index (χ0v) is 9.98. The van der Waals surface area contributed by atoms with Gasteiger partial charge in [0.05, 0.1) is 5.02 Å². The van der Waals surface area contributed by atoms with E-state index in [1.165, 1.54) is 0 Å². The van der Waals surface area contributed by atoms with Crippen LogP contribution in [0.4, 0.5) is 0 Å². The number of benzene rings is 1. The highest BCUT2D eigenvalue weighted by Crippen LogP contribution is 2.28. The Morgan fingerprint density at radius 3 is 2.53 bits per heavy atom. The second-order valence-electron chi connectivity index (χ2n) is 2.87. The first-order chi connectivity index (χ1) is 7.24. The van der Waals surface area contributed by atoms with E-state index in [4.69, 9.17) is 23.2 Å². The second kappa shape index (κ2) is 4.88. The van der Waals surface area contributed by atoms with Crippen LogP contribution in [-0.4, -0.2) is 4.98 Å². The average molecular weight is 256 g/mol. The van der Waals surface area contributed by atoms with Gasteiger partial charge >= 0.3 is 0 Å². The molecule has 0 aliphatic carbocycles. The zero-order valence-electron chi connectivity index (χ0n) is 7.65. The van der Waals surface area contributed by atoms with Gasteiger partial charge in [0.15, 0.2) is 0 Å². The highest BCUT2D eigenvalue weighted by Gasteiger charge is 1.99. The highest BCUT2D eigenvalue weighted by molar-refractivity contribution is 7.99. The number of pyridine rings is 1. The van der Waals surface area contributed by atoms with Gasteiger partial charge < -0.3 is 0 Å². The third-order valence-electron chi connectivity index (χ3n) is 1.72. The molecule has 0 saturated heterocycles. The number of halogens is 2. The fourth-order valence-electron chi connectivity index (χ4n) is 1.07. The van der Waals surface area contributed by atoms with Crippen LogP contribution in [-0.2, 0) is 0 Å². The predicted molar refractivity (Wildman–Crippen MR) is 64.8 cm³/mol. The van der Waals surface area contributed by atoms with E-state index in [2.05, 4.69) is 4.98 Å². The van der Waals surface area contributed by atoms with Crippen LogP contribution in [0.2, 0.25) is 10.0 Å². The van der Waals surface area contributed by atoms with Crippen molar-refractivity contribution >= 4 is 35.0 Å². The van der Waals surface area contributed by atoms with Crippen molar-refractivity contribution in [2.75, 3.05) is 0 Å². The maximum absolute atomic E-state index is 5.88. The molecule has 76 valence electrons. The minimum absolute atomic E-state index is 0.644. The molecule has 0 atom stereocenters. The lowest BCUT2D eigenvalue weighted by Crippen LogP contribution is -1.78. The molecule has 1 aromatic carbocycles. The second-order valence-corrected chi connectivity index (χ2v) is 4.84. The van der Waals surface area contributed by atoms with Crippen LogP contribution < -0.4 is 0 Å². The minimum atomic E-state index is 0.644. The van der Waals surface area contributed by atoms with Gasteiger partial charge in [0.1, 0.15) is 5.03 Å².